The molecule has 1 heterocycles. The summed E-state index contributed by atoms with van der Waals surface area (Å²) in [6, 6.07) is 23.6. The molecule has 1 aliphatic carbocycles. The zero-order valence-electron chi connectivity index (χ0n) is 23.4. The van der Waals surface area contributed by atoms with Gasteiger partial charge in [0.05, 0.1) is 12.7 Å². The van der Waals surface area contributed by atoms with Gasteiger partial charge in [-0.3, -0.25) is 4.79 Å². The zero-order chi connectivity index (χ0) is 28.9. The Hall–Kier alpha value is -4.17. The lowest BCUT2D eigenvalue weighted by Crippen LogP contribution is -2.59. The highest BCUT2D eigenvalue weighted by atomic mass is 16.5. The maximum absolute atomic E-state index is 13.8. The molecule has 0 spiro atoms. The number of likely N-dealkylation sites (tertiary alicyclic amines) is 1. The lowest BCUT2D eigenvalue weighted by molar-refractivity contribution is -0.155. The molecule has 1 saturated heterocycles. The van der Waals surface area contributed by atoms with Crippen LogP contribution in [0.5, 0.6) is 0 Å². The average molecular weight is 557 g/mol. The molecule has 3 aromatic carbocycles. The molecule has 2 amide bonds. The predicted molar refractivity (Wildman–Crippen MR) is 154 cm³/mol. The number of carboxylic acids is 1. The molecule has 1 aliphatic heterocycles. The summed E-state index contributed by atoms with van der Waals surface area (Å²) in [5, 5.41) is 12.6. The average Bonchev–Trinajstić information content (AvgIpc) is 3.31. The second-order valence-electron chi connectivity index (χ2n) is 11.0. The van der Waals surface area contributed by atoms with Gasteiger partial charge in [0, 0.05) is 12.5 Å². The molecule has 2 N–H and O–H groups in total. The number of hydrogen-bond acceptors (Lipinski definition) is 5. The SMILES string of the molecule is CC1CCN(C(=O)[C@H](NC(=O)OCC2c3ccccc3-c3ccccc32)[C@H](C)OCc2ccccc2)C(C(=O)O)C1. The number of amides is 2. The topological polar surface area (TPSA) is 105 Å². The largest absolute Gasteiger partial charge is 0.480 e. The van der Waals surface area contributed by atoms with E-state index in [1.807, 2.05) is 73.7 Å². The fourth-order valence-electron chi connectivity index (χ4n) is 5.86. The van der Waals surface area contributed by atoms with Crippen molar-refractivity contribution in [2.24, 2.45) is 5.92 Å². The second kappa shape index (κ2) is 12.6. The van der Waals surface area contributed by atoms with Gasteiger partial charge in [0.25, 0.3) is 0 Å². The summed E-state index contributed by atoms with van der Waals surface area (Å²) in [5.74, 6) is -1.49. The first kappa shape index (κ1) is 28.4. The van der Waals surface area contributed by atoms with E-state index in [0.717, 1.165) is 27.8 Å². The first-order valence-electron chi connectivity index (χ1n) is 14.1. The summed E-state index contributed by atoms with van der Waals surface area (Å²) in [7, 11) is 0. The van der Waals surface area contributed by atoms with Crippen LogP contribution >= 0.6 is 0 Å². The third-order valence-electron chi connectivity index (χ3n) is 8.14. The van der Waals surface area contributed by atoms with Crippen LogP contribution in [0.1, 0.15) is 49.3 Å². The van der Waals surface area contributed by atoms with Crippen LogP contribution < -0.4 is 5.32 Å². The second-order valence-corrected chi connectivity index (χ2v) is 11.0. The highest BCUT2D eigenvalue weighted by molar-refractivity contribution is 5.90. The van der Waals surface area contributed by atoms with E-state index in [4.69, 9.17) is 9.47 Å². The number of carbonyl (C=O) groups is 3. The molecule has 4 atom stereocenters. The van der Waals surface area contributed by atoms with Crippen molar-refractivity contribution in [1.29, 1.82) is 0 Å². The Kier molecular flexibility index (Phi) is 8.69. The Bertz CT molecular complexity index is 1350. The first-order chi connectivity index (χ1) is 19.8. The van der Waals surface area contributed by atoms with Crippen LogP contribution in [0, 0.1) is 5.92 Å². The van der Waals surface area contributed by atoms with Crippen LogP contribution in [-0.2, 0) is 25.7 Å². The van der Waals surface area contributed by atoms with E-state index >= 15 is 0 Å². The molecule has 5 rings (SSSR count). The molecule has 0 saturated carbocycles. The summed E-state index contributed by atoms with van der Waals surface area (Å²) in [6.07, 6.45) is -0.445. The quantitative estimate of drug-likeness (QED) is 0.375. The lowest BCUT2D eigenvalue weighted by Gasteiger charge is -2.39. The van der Waals surface area contributed by atoms with Crippen LogP contribution in [0.4, 0.5) is 4.79 Å². The van der Waals surface area contributed by atoms with Gasteiger partial charge in [-0.25, -0.2) is 9.59 Å². The summed E-state index contributed by atoms with van der Waals surface area (Å²) in [6.45, 7) is 4.31. The molecule has 1 fully saturated rings. The minimum atomic E-state index is -1.12. The van der Waals surface area contributed by atoms with E-state index in [9.17, 15) is 19.5 Å². The molecule has 0 bridgehead atoms. The van der Waals surface area contributed by atoms with Crippen LogP contribution in [-0.4, -0.2) is 59.3 Å². The Morgan fingerprint density at radius 2 is 1.56 bits per heavy atom. The number of nitrogens with zero attached hydrogens (tertiary/aromatic N) is 1. The molecule has 41 heavy (non-hydrogen) atoms. The van der Waals surface area contributed by atoms with Gasteiger partial charge in [-0.2, -0.15) is 0 Å². The summed E-state index contributed by atoms with van der Waals surface area (Å²) in [5.41, 5.74) is 5.32. The predicted octanol–water partition coefficient (Wildman–Crippen LogP) is 5.21. The molecule has 8 nitrogen and oxygen atoms in total. The number of alkyl carbamates (subject to hydrolysis) is 1. The molecular formula is C33H36N2O6. The molecule has 2 unspecified atom stereocenters. The van der Waals surface area contributed by atoms with E-state index in [0.29, 0.717) is 19.4 Å². The van der Waals surface area contributed by atoms with E-state index in [2.05, 4.69) is 17.4 Å². The Labute approximate surface area is 240 Å². The fraction of sp³-hybridized carbons (Fsp3) is 0.364. The molecule has 3 aromatic rings. The first-order valence-corrected chi connectivity index (χ1v) is 14.1. The molecule has 8 heteroatoms. The number of piperidine rings is 1. The highest BCUT2D eigenvalue weighted by Crippen LogP contribution is 2.44. The molecule has 0 aromatic heterocycles. The van der Waals surface area contributed by atoms with Crippen LogP contribution in [0.2, 0.25) is 0 Å². The van der Waals surface area contributed by atoms with E-state index in [-0.39, 0.29) is 25.0 Å². The number of aliphatic carboxylic acids is 1. The number of nitrogens with one attached hydrogen (secondary N) is 1. The molecule has 0 radical (unpaired) electrons. The number of carboxylic acid groups (broad SMARTS) is 1. The number of rotatable bonds is 9. The number of fused-ring (bicyclic) bond motifs is 3. The van der Waals surface area contributed by atoms with E-state index in [1.165, 1.54) is 4.90 Å². The summed E-state index contributed by atoms with van der Waals surface area (Å²) in [4.78, 5) is 40.4. The third-order valence-corrected chi connectivity index (χ3v) is 8.14. The van der Waals surface area contributed by atoms with Crippen molar-refractivity contribution in [3.05, 3.63) is 95.6 Å². The van der Waals surface area contributed by atoms with Gasteiger partial charge in [-0.1, -0.05) is 85.8 Å². The molecule has 214 valence electrons. The Morgan fingerprint density at radius 1 is 0.951 bits per heavy atom. The monoisotopic (exact) mass is 556 g/mol. The van der Waals surface area contributed by atoms with Gasteiger partial charge in [-0.15, -0.1) is 0 Å². The number of carbonyl (C=O) groups excluding carboxylic acids is 2. The number of ether oxygens (including phenoxy) is 2. The number of hydrogen-bond donors (Lipinski definition) is 2. The smallest absolute Gasteiger partial charge is 0.407 e. The minimum Gasteiger partial charge on any atom is -0.480 e. The zero-order valence-corrected chi connectivity index (χ0v) is 23.4. The van der Waals surface area contributed by atoms with Crippen molar-refractivity contribution in [3.63, 3.8) is 0 Å². The van der Waals surface area contributed by atoms with Gasteiger partial charge in [0.2, 0.25) is 5.91 Å². The maximum Gasteiger partial charge on any atom is 0.407 e. The molecular weight excluding hydrogens is 520 g/mol. The van der Waals surface area contributed by atoms with Crippen molar-refractivity contribution in [3.8, 4) is 11.1 Å². The van der Waals surface area contributed by atoms with Gasteiger partial charge in [0.1, 0.15) is 18.7 Å². The van der Waals surface area contributed by atoms with Crippen molar-refractivity contribution in [2.45, 2.75) is 57.4 Å². The molecule has 2 aliphatic rings. The fourth-order valence-corrected chi connectivity index (χ4v) is 5.86. The maximum atomic E-state index is 13.8. The van der Waals surface area contributed by atoms with Crippen molar-refractivity contribution in [2.75, 3.05) is 13.2 Å². The van der Waals surface area contributed by atoms with Crippen LogP contribution in [0.25, 0.3) is 11.1 Å². The van der Waals surface area contributed by atoms with Crippen LogP contribution in [0.15, 0.2) is 78.9 Å². The Morgan fingerprint density at radius 3 is 2.20 bits per heavy atom. The normalized spacial score (nSPS) is 19.5. The highest BCUT2D eigenvalue weighted by Gasteiger charge is 2.40. The van der Waals surface area contributed by atoms with Crippen molar-refractivity contribution >= 4 is 18.0 Å². The minimum absolute atomic E-state index is 0.0962. The lowest BCUT2D eigenvalue weighted by atomic mass is 9.91. The van der Waals surface area contributed by atoms with Gasteiger partial charge in [0.15, 0.2) is 0 Å². The standard InChI is InChI=1S/C33H36N2O6/c1-21-16-17-35(29(18-21)32(37)38)31(36)30(22(2)40-19-23-10-4-3-5-11-23)34-33(39)41-20-28-26-14-8-6-12-24(26)25-13-7-9-15-27(25)28/h3-15,21-22,28-30H,16-20H2,1-2H3,(H,34,39)(H,37,38)/t21?,22-,29?,30+/m0/s1. The van der Waals surface area contributed by atoms with E-state index in [1.54, 1.807) is 6.92 Å². The van der Waals surface area contributed by atoms with Gasteiger partial charge < -0.3 is 24.8 Å². The van der Waals surface area contributed by atoms with Gasteiger partial charge in [-0.05, 0) is 53.5 Å². The van der Waals surface area contributed by atoms with Crippen molar-refractivity contribution < 1.29 is 29.0 Å². The summed E-state index contributed by atoms with van der Waals surface area (Å²) < 4.78 is 11.7. The number of benzene rings is 3. The summed E-state index contributed by atoms with van der Waals surface area (Å²) >= 11 is 0. The third kappa shape index (κ3) is 6.28. The van der Waals surface area contributed by atoms with E-state index < -0.39 is 36.2 Å². The Balaban J connectivity index is 1.31. The van der Waals surface area contributed by atoms with Crippen LogP contribution in [0.3, 0.4) is 0 Å². The van der Waals surface area contributed by atoms with Gasteiger partial charge >= 0.3 is 12.1 Å². The van der Waals surface area contributed by atoms with Crippen molar-refractivity contribution in [1.82, 2.24) is 10.2 Å².